The highest BCUT2D eigenvalue weighted by atomic mass is 32.1. The van der Waals surface area contributed by atoms with E-state index in [0.29, 0.717) is 5.92 Å². The van der Waals surface area contributed by atoms with Crippen LogP contribution in [-0.2, 0) is 0 Å². The minimum atomic E-state index is 0.715. The maximum atomic E-state index is 5.28. The maximum absolute atomic E-state index is 5.28. The van der Waals surface area contributed by atoms with Crippen LogP contribution in [0, 0.1) is 66.1 Å². The van der Waals surface area contributed by atoms with Crippen molar-refractivity contribution in [1.82, 2.24) is 0 Å². The molecule has 6 aliphatic rings. The summed E-state index contributed by atoms with van der Waals surface area (Å²) in [5.74, 6) is 11.1. The number of aryl methyl sites for hydroxylation is 1. The zero-order valence-electron chi connectivity index (χ0n) is 29.0. The van der Waals surface area contributed by atoms with Gasteiger partial charge in [0.1, 0.15) is 0 Å². The van der Waals surface area contributed by atoms with Gasteiger partial charge in [-0.1, -0.05) is 111 Å². The summed E-state index contributed by atoms with van der Waals surface area (Å²) in [6, 6.07) is 30.0. The van der Waals surface area contributed by atoms with E-state index in [0.717, 1.165) is 64.1 Å². The number of fused-ring (bicyclic) bond motifs is 7. The first-order chi connectivity index (χ1) is 23.7. The largest absolute Gasteiger partial charge is 0.142 e. The van der Waals surface area contributed by atoms with E-state index in [-0.39, 0.29) is 0 Å². The fourth-order valence-corrected chi connectivity index (χ4v) is 14.6. The van der Waals surface area contributed by atoms with Crippen LogP contribution < -0.4 is 0 Å². The summed E-state index contributed by atoms with van der Waals surface area (Å²) in [6.45, 7) is 2.27. The first kappa shape index (κ1) is 30.3. The first-order valence-electron chi connectivity index (χ1n) is 20.1. The quantitative estimate of drug-likeness (QED) is 0.210. The highest BCUT2D eigenvalue weighted by Crippen LogP contribution is 2.70. The van der Waals surface area contributed by atoms with Crippen LogP contribution >= 0.6 is 12.6 Å². The van der Waals surface area contributed by atoms with E-state index in [1.165, 1.54) is 90.0 Å². The van der Waals surface area contributed by atoms with Crippen LogP contribution in [0.25, 0.3) is 33.0 Å². The molecule has 0 heterocycles. The second-order valence-corrected chi connectivity index (χ2v) is 17.9. The van der Waals surface area contributed by atoms with Crippen LogP contribution in [0.2, 0.25) is 0 Å². The van der Waals surface area contributed by atoms with Crippen LogP contribution in [0.4, 0.5) is 0 Å². The van der Waals surface area contributed by atoms with E-state index >= 15 is 0 Å². The van der Waals surface area contributed by atoms with Crippen molar-refractivity contribution in [3.8, 4) is 22.3 Å². The Morgan fingerprint density at radius 1 is 0.500 bits per heavy atom. The van der Waals surface area contributed by atoms with Gasteiger partial charge >= 0.3 is 0 Å². The number of rotatable bonds is 3. The first-order valence-corrected chi connectivity index (χ1v) is 20.5. The Morgan fingerprint density at radius 3 is 1.79 bits per heavy atom. The van der Waals surface area contributed by atoms with Gasteiger partial charge in [-0.25, -0.2) is 0 Å². The molecule has 4 aromatic carbocycles. The third-order valence-electron chi connectivity index (χ3n) is 15.8. The SMILES string of the molecule is Cc1c(-c2cccc(-c3cccc(C4CC5C6CCCCC6C6CCCC7C8CCCCC8C(C4)C5C67)c3)c2S)ccc2ccccc12. The third-order valence-corrected chi connectivity index (χ3v) is 16.2. The smallest absolute Gasteiger partial charge is 0.0197 e. The molecular formula is C47H54S. The molecule has 8 atom stereocenters. The molecule has 0 spiro atoms. The minimum absolute atomic E-state index is 0.715. The molecule has 0 nitrogen and oxygen atoms in total. The van der Waals surface area contributed by atoms with Crippen molar-refractivity contribution in [2.24, 2.45) is 59.2 Å². The molecule has 0 aromatic heterocycles. The molecule has 0 bridgehead atoms. The second-order valence-electron chi connectivity index (χ2n) is 17.4. The Labute approximate surface area is 294 Å². The molecule has 248 valence electrons. The van der Waals surface area contributed by atoms with Gasteiger partial charge in [-0.15, -0.1) is 12.6 Å². The standard InChI is InChI=1S/C47H54S/c1-28-33-14-3-2-11-29(33)23-24-34(28)42-22-9-19-35(47(42)48)31-13-8-12-30(25-31)32-26-43-38-17-6-4-15-36(38)40-20-10-21-41-37-16-5-7-18-39(37)44(27-32)46(43)45(40)41/h2-3,8-9,11-14,19,22-25,32,36-41,43-46,48H,4-7,10,15-18,20-21,26-27H2,1H3. The van der Waals surface area contributed by atoms with Gasteiger partial charge in [0.25, 0.3) is 0 Å². The Hall–Kier alpha value is -2.51. The lowest BCUT2D eigenvalue weighted by molar-refractivity contribution is -0.189. The highest BCUT2D eigenvalue weighted by molar-refractivity contribution is 7.80. The lowest BCUT2D eigenvalue weighted by Gasteiger charge is -2.68. The van der Waals surface area contributed by atoms with Crippen LogP contribution in [-0.4, -0.2) is 0 Å². The molecule has 10 rings (SSSR count). The van der Waals surface area contributed by atoms with Gasteiger partial charge in [0.15, 0.2) is 0 Å². The molecule has 6 aliphatic carbocycles. The van der Waals surface area contributed by atoms with Gasteiger partial charge in [0.2, 0.25) is 0 Å². The Bertz CT molecular complexity index is 1790. The summed E-state index contributed by atoms with van der Waals surface area (Å²) in [5, 5.41) is 2.64. The summed E-state index contributed by atoms with van der Waals surface area (Å²) < 4.78 is 0. The molecule has 1 heteroatoms. The van der Waals surface area contributed by atoms with E-state index in [1.807, 2.05) is 0 Å². The van der Waals surface area contributed by atoms with E-state index in [4.69, 9.17) is 12.6 Å². The van der Waals surface area contributed by atoms with Gasteiger partial charge in [-0.05, 0) is 168 Å². The molecule has 0 N–H and O–H groups in total. The topological polar surface area (TPSA) is 0 Å². The average Bonchev–Trinajstić information content (AvgIpc) is 3.15. The number of benzene rings is 4. The monoisotopic (exact) mass is 650 g/mol. The predicted octanol–water partition coefficient (Wildman–Crippen LogP) is 13.2. The zero-order valence-corrected chi connectivity index (χ0v) is 29.9. The molecule has 0 radical (unpaired) electrons. The average molecular weight is 651 g/mol. The lowest BCUT2D eigenvalue weighted by atomic mass is 9.37. The Morgan fingerprint density at radius 2 is 1.08 bits per heavy atom. The van der Waals surface area contributed by atoms with Crippen molar-refractivity contribution >= 4 is 23.4 Å². The molecule has 0 amide bonds. The predicted molar refractivity (Wildman–Crippen MR) is 204 cm³/mol. The summed E-state index contributed by atoms with van der Waals surface area (Å²) in [6.07, 6.45) is 19.8. The van der Waals surface area contributed by atoms with Crippen molar-refractivity contribution in [2.45, 2.75) is 101 Å². The molecule has 0 aliphatic heterocycles. The van der Waals surface area contributed by atoms with Crippen LogP contribution in [0.3, 0.4) is 0 Å². The van der Waals surface area contributed by atoms with Crippen LogP contribution in [0.5, 0.6) is 0 Å². The number of hydrogen-bond donors (Lipinski definition) is 1. The highest BCUT2D eigenvalue weighted by Gasteiger charge is 2.63. The van der Waals surface area contributed by atoms with Gasteiger partial charge in [0, 0.05) is 4.90 Å². The van der Waals surface area contributed by atoms with Crippen LogP contribution in [0.15, 0.2) is 83.8 Å². The lowest BCUT2D eigenvalue weighted by Crippen LogP contribution is -2.61. The van der Waals surface area contributed by atoms with Gasteiger partial charge in [-0.3, -0.25) is 0 Å². The molecule has 48 heavy (non-hydrogen) atoms. The summed E-state index contributed by atoms with van der Waals surface area (Å²) in [5.41, 5.74) is 8.15. The minimum Gasteiger partial charge on any atom is -0.142 e. The molecule has 6 saturated carbocycles. The van der Waals surface area contributed by atoms with Crippen molar-refractivity contribution in [3.05, 3.63) is 90.0 Å². The van der Waals surface area contributed by atoms with Crippen molar-refractivity contribution in [1.29, 1.82) is 0 Å². The Kier molecular flexibility index (Phi) is 7.63. The van der Waals surface area contributed by atoms with Crippen molar-refractivity contribution in [2.75, 3.05) is 0 Å². The third kappa shape index (κ3) is 4.68. The maximum Gasteiger partial charge on any atom is 0.0197 e. The van der Waals surface area contributed by atoms with Crippen molar-refractivity contribution < 1.29 is 0 Å². The van der Waals surface area contributed by atoms with E-state index < -0.39 is 0 Å². The molecular weight excluding hydrogens is 597 g/mol. The van der Waals surface area contributed by atoms with Crippen LogP contribution in [0.1, 0.15) is 101 Å². The summed E-state index contributed by atoms with van der Waals surface area (Å²) >= 11 is 5.28. The molecule has 8 unspecified atom stereocenters. The van der Waals surface area contributed by atoms with E-state index in [2.05, 4.69) is 85.8 Å². The molecule has 4 aromatic rings. The normalized spacial score (nSPS) is 36.9. The Balaban J connectivity index is 1.02. The molecule has 0 saturated heterocycles. The van der Waals surface area contributed by atoms with E-state index in [9.17, 15) is 0 Å². The van der Waals surface area contributed by atoms with Gasteiger partial charge < -0.3 is 0 Å². The van der Waals surface area contributed by atoms with E-state index in [1.54, 1.807) is 37.7 Å². The van der Waals surface area contributed by atoms with Gasteiger partial charge in [-0.2, -0.15) is 0 Å². The second kappa shape index (κ2) is 12.1. The number of thiol groups is 1. The van der Waals surface area contributed by atoms with Crippen molar-refractivity contribution in [3.63, 3.8) is 0 Å². The fraction of sp³-hybridized carbons (Fsp3) is 0.532. The van der Waals surface area contributed by atoms with Gasteiger partial charge in [0.05, 0.1) is 0 Å². The summed E-state index contributed by atoms with van der Waals surface area (Å²) in [7, 11) is 0. The molecule has 6 fully saturated rings. The number of hydrogen-bond acceptors (Lipinski definition) is 1. The fourth-order valence-electron chi connectivity index (χ4n) is 14.2. The zero-order chi connectivity index (χ0) is 31.9. The summed E-state index contributed by atoms with van der Waals surface area (Å²) in [4.78, 5) is 1.11.